The zero-order valence-electron chi connectivity index (χ0n) is 7.50. The minimum Gasteiger partial charge on any atom is -0.382 e. The molecule has 72 valence electrons. The van der Waals surface area contributed by atoms with Crippen LogP contribution in [-0.2, 0) is 6.67 Å². The van der Waals surface area contributed by atoms with Gasteiger partial charge in [-0.3, -0.25) is 5.10 Å². The SMILES string of the molecule is Nc1cc(-c2ccc(CF)cc2)[nH]n1. The summed E-state index contributed by atoms with van der Waals surface area (Å²) in [6.45, 7) is -0.439. The van der Waals surface area contributed by atoms with Crippen molar-refractivity contribution in [2.45, 2.75) is 6.67 Å². The number of nitrogens with zero attached hydrogens (tertiary/aromatic N) is 1. The van der Waals surface area contributed by atoms with Crippen LogP contribution >= 0.6 is 0 Å². The van der Waals surface area contributed by atoms with E-state index in [-0.39, 0.29) is 0 Å². The second kappa shape index (κ2) is 3.49. The maximum atomic E-state index is 12.2. The first-order chi connectivity index (χ1) is 6.79. The van der Waals surface area contributed by atoms with Crippen LogP contribution in [0.25, 0.3) is 11.3 Å². The summed E-state index contributed by atoms with van der Waals surface area (Å²) < 4.78 is 12.2. The number of halogens is 1. The van der Waals surface area contributed by atoms with Gasteiger partial charge >= 0.3 is 0 Å². The van der Waals surface area contributed by atoms with Gasteiger partial charge in [-0.15, -0.1) is 0 Å². The number of nitrogens with two attached hydrogens (primary N) is 1. The molecule has 2 rings (SSSR count). The number of anilines is 1. The molecule has 4 heteroatoms. The highest BCUT2D eigenvalue weighted by Crippen LogP contribution is 2.19. The van der Waals surface area contributed by atoms with Crippen molar-refractivity contribution < 1.29 is 4.39 Å². The predicted octanol–water partition coefficient (Wildman–Crippen LogP) is 2.13. The molecular weight excluding hydrogens is 181 g/mol. The summed E-state index contributed by atoms with van der Waals surface area (Å²) in [7, 11) is 0. The predicted molar refractivity (Wildman–Crippen MR) is 53.2 cm³/mol. The normalized spacial score (nSPS) is 10.4. The largest absolute Gasteiger partial charge is 0.382 e. The molecule has 0 amide bonds. The number of aromatic nitrogens is 2. The van der Waals surface area contributed by atoms with Crippen LogP contribution in [0.5, 0.6) is 0 Å². The monoisotopic (exact) mass is 191 g/mol. The number of aromatic amines is 1. The smallest absolute Gasteiger partial charge is 0.145 e. The number of alkyl halides is 1. The molecular formula is C10H10FN3. The Balaban J connectivity index is 2.33. The van der Waals surface area contributed by atoms with Crippen LogP contribution in [0.4, 0.5) is 10.2 Å². The van der Waals surface area contributed by atoms with Gasteiger partial charge in [-0.2, -0.15) is 5.10 Å². The highest BCUT2D eigenvalue weighted by atomic mass is 19.1. The fraction of sp³-hybridized carbons (Fsp3) is 0.100. The van der Waals surface area contributed by atoms with Gasteiger partial charge in [0.2, 0.25) is 0 Å². The lowest BCUT2D eigenvalue weighted by Crippen LogP contribution is -1.81. The third kappa shape index (κ3) is 1.59. The van der Waals surface area contributed by atoms with E-state index in [2.05, 4.69) is 10.2 Å². The zero-order valence-corrected chi connectivity index (χ0v) is 7.50. The Morgan fingerprint density at radius 2 is 2.00 bits per heavy atom. The lowest BCUT2D eigenvalue weighted by molar-refractivity contribution is 0.485. The van der Waals surface area contributed by atoms with Gasteiger partial charge in [-0.1, -0.05) is 24.3 Å². The Hall–Kier alpha value is -1.84. The molecule has 0 spiro atoms. The molecule has 2 aromatic rings. The van der Waals surface area contributed by atoms with Crippen molar-refractivity contribution in [2.24, 2.45) is 0 Å². The second-order valence-electron chi connectivity index (χ2n) is 3.04. The van der Waals surface area contributed by atoms with E-state index in [9.17, 15) is 4.39 Å². The van der Waals surface area contributed by atoms with Crippen molar-refractivity contribution in [1.82, 2.24) is 10.2 Å². The summed E-state index contributed by atoms with van der Waals surface area (Å²) in [4.78, 5) is 0. The lowest BCUT2D eigenvalue weighted by atomic mass is 10.1. The first-order valence-electron chi connectivity index (χ1n) is 4.26. The molecule has 1 aromatic heterocycles. The summed E-state index contributed by atoms with van der Waals surface area (Å²) in [5, 5.41) is 6.60. The van der Waals surface area contributed by atoms with Crippen molar-refractivity contribution >= 4 is 5.82 Å². The Kier molecular flexibility index (Phi) is 2.18. The zero-order chi connectivity index (χ0) is 9.97. The number of nitrogens with one attached hydrogen (secondary N) is 1. The van der Waals surface area contributed by atoms with E-state index < -0.39 is 6.67 Å². The standard InChI is InChI=1S/C10H10FN3/c11-6-7-1-3-8(4-2-7)9-5-10(12)14-13-9/h1-5H,6H2,(H3,12,13,14). The maximum absolute atomic E-state index is 12.2. The number of nitrogen functional groups attached to an aromatic ring is 1. The van der Waals surface area contributed by atoms with E-state index in [0.29, 0.717) is 11.4 Å². The molecule has 1 aromatic carbocycles. The quantitative estimate of drug-likeness (QED) is 0.764. The molecule has 14 heavy (non-hydrogen) atoms. The maximum Gasteiger partial charge on any atom is 0.145 e. The number of hydrogen-bond acceptors (Lipinski definition) is 2. The molecule has 0 fully saturated rings. The van der Waals surface area contributed by atoms with Crippen molar-refractivity contribution in [3.63, 3.8) is 0 Å². The van der Waals surface area contributed by atoms with Crippen LogP contribution in [0, 0.1) is 0 Å². The van der Waals surface area contributed by atoms with Crippen LogP contribution < -0.4 is 5.73 Å². The average Bonchev–Trinajstić information content (AvgIpc) is 2.65. The van der Waals surface area contributed by atoms with Gasteiger partial charge in [0, 0.05) is 6.07 Å². The molecule has 0 aliphatic rings. The molecule has 0 saturated carbocycles. The van der Waals surface area contributed by atoms with Crippen LogP contribution in [-0.4, -0.2) is 10.2 Å². The third-order valence-corrected chi connectivity index (χ3v) is 2.02. The molecule has 3 nitrogen and oxygen atoms in total. The second-order valence-corrected chi connectivity index (χ2v) is 3.04. The Bertz CT molecular complexity index is 419. The molecule has 0 aliphatic heterocycles. The van der Waals surface area contributed by atoms with Crippen molar-refractivity contribution in [1.29, 1.82) is 0 Å². The van der Waals surface area contributed by atoms with Crippen molar-refractivity contribution in [3.05, 3.63) is 35.9 Å². The van der Waals surface area contributed by atoms with Crippen LogP contribution in [0.2, 0.25) is 0 Å². The molecule has 0 bridgehead atoms. The van der Waals surface area contributed by atoms with Gasteiger partial charge in [-0.05, 0) is 11.1 Å². The van der Waals surface area contributed by atoms with Gasteiger partial charge in [0.15, 0.2) is 0 Å². The summed E-state index contributed by atoms with van der Waals surface area (Å²) in [6, 6.07) is 8.90. The number of benzene rings is 1. The van der Waals surface area contributed by atoms with Crippen LogP contribution in [0.3, 0.4) is 0 Å². The van der Waals surface area contributed by atoms with E-state index in [4.69, 9.17) is 5.73 Å². The highest BCUT2D eigenvalue weighted by Gasteiger charge is 2.00. The van der Waals surface area contributed by atoms with Gasteiger partial charge in [0.05, 0.1) is 5.69 Å². The topological polar surface area (TPSA) is 54.7 Å². The molecule has 3 N–H and O–H groups in total. The van der Waals surface area contributed by atoms with Crippen LogP contribution in [0.15, 0.2) is 30.3 Å². The molecule has 0 aliphatic carbocycles. The Morgan fingerprint density at radius 1 is 1.29 bits per heavy atom. The van der Waals surface area contributed by atoms with Crippen LogP contribution in [0.1, 0.15) is 5.56 Å². The van der Waals surface area contributed by atoms with E-state index in [1.807, 2.05) is 12.1 Å². The first-order valence-corrected chi connectivity index (χ1v) is 4.26. The molecule has 0 atom stereocenters. The third-order valence-electron chi connectivity index (χ3n) is 2.02. The number of rotatable bonds is 2. The van der Waals surface area contributed by atoms with E-state index in [1.165, 1.54) is 0 Å². The van der Waals surface area contributed by atoms with Gasteiger partial charge in [0.25, 0.3) is 0 Å². The average molecular weight is 191 g/mol. The van der Waals surface area contributed by atoms with E-state index >= 15 is 0 Å². The van der Waals surface area contributed by atoms with Crippen molar-refractivity contribution in [3.8, 4) is 11.3 Å². The summed E-state index contributed by atoms with van der Waals surface area (Å²) in [5.41, 5.74) is 7.93. The molecule has 0 radical (unpaired) electrons. The van der Waals surface area contributed by atoms with Gasteiger partial charge < -0.3 is 5.73 Å². The summed E-state index contributed by atoms with van der Waals surface area (Å²) in [6.07, 6.45) is 0. The molecule has 0 unspecified atom stereocenters. The fourth-order valence-corrected chi connectivity index (χ4v) is 1.26. The Labute approximate surface area is 80.8 Å². The van der Waals surface area contributed by atoms with Crippen molar-refractivity contribution in [2.75, 3.05) is 5.73 Å². The summed E-state index contributed by atoms with van der Waals surface area (Å²) in [5.74, 6) is 0.453. The van der Waals surface area contributed by atoms with Gasteiger partial charge in [0.1, 0.15) is 12.5 Å². The molecule has 1 heterocycles. The van der Waals surface area contributed by atoms with E-state index in [0.717, 1.165) is 11.3 Å². The lowest BCUT2D eigenvalue weighted by Gasteiger charge is -1.97. The highest BCUT2D eigenvalue weighted by molar-refractivity contribution is 5.62. The minimum atomic E-state index is -0.439. The Morgan fingerprint density at radius 3 is 2.50 bits per heavy atom. The summed E-state index contributed by atoms with van der Waals surface area (Å²) >= 11 is 0. The molecule has 0 saturated heterocycles. The number of H-pyrrole nitrogens is 1. The number of hydrogen-bond donors (Lipinski definition) is 2. The van der Waals surface area contributed by atoms with Gasteiger partial charge in [-0.25, -0.2) is 4.39 Å². The van der Waals surface area contributed by atoms with E-state index in [1.54, 1.807) is 18.2 Å². The first kappa shape index (κ1) is 8.74. The fourth-order valence-electron chi connectivity index (χ4n) is 1.26. The minimum absolute atomic E-state index is 0.439.